The molecule has 2 aromatic rings. The standard InChI is InChI=1S/C15H16N2O5/c1-20-14-9-11(4-5-12(14)17(18)19)16-6-8-22-15(10-16)13-3-2-7-21-13/h2-5,7,9,15H,6,8,10H2,1H3. The van der Waals surface area contributed by atoms with E-state index in [0.29, 0.717) is 19.7 Å². The number of hydrogen-bond donors (Lipinski definition) is 0. The summed E-state index contributed by atoms with van der Waals surface area (Å²) < 4.78 is 16.2. The Kier molecular flexibility index (Phi) is 3.97. The van der Waals surface area contributed by atoms with E-state index in [1.54, 1.807) is 18.4 Å². The van der Waals surface area contributed by atoms with E-state index in [1.807, 2.05) is 12.1 Å². The Balaban J connectivity index is 1.83. The van der Waals surface area contributed by atoms with Gasteiger partial charge in [0, 0.05) is 24.4 Å². The van der Waals surface area contributed by atoms with E-state index in [4.69, 9.17) is 13.9 Å². The average molecular weight is 304 g/mol. The lowest BCUT2D eigenvalue weighted by Gasteiger charge is -2.33. The summed E-state index contributed by atoms with van der Waals surface area (Å²) in [6.45, 7) is 1.89. The summed E-state index contributed by atoms with van der Waals surface area (Å²) in [5.74, 6) is 1.03. The second-order valence-corrected chi connectivity index (χ2v) is 4.93. The lowest BCUT2D eigenvalue weighted by Crippen LogP contribution is -2.38. The minimum absolute atomic E-state index is 0.0397. The van der Waals surface area contributed by atoms with E-state index in [-0.39, 0.29) is 17.5 Å². The molecule has 1 unspecified atom stereocenters. The number of morpholine rings is 1. The summed E-state index contributed by atoms with van der Waals surface area (Å²) in [4.78, 5) is 12.6. The van der Waals surface area contributed by atoms with Crippen LogP contribution in [0.2, 0.25) is 0 Å². The smallest absolute Gasteiger partial charge is 0.311 e. The summed E-state index contributed by atoms with van der Waals surface area (Å²) in [5.41, 5.74) is 0.824. The molecule has 0 saturated carbocycles. The van der Waals surface area contributed by atoms with Gasteiger partial charge in [-0.1, -0.05) is 0 Å². The molecule has 7 heteroatoms. The van der Waals surface area contributed by atoms with Gasteiger partial charge >= 0.3 is 5.69 Å². The highest BCUT2D eigenvalue weighted by Crippen LogP contribution is 2.33. The molecule has 22 heavy (non-hydrogen) atoms. The molecule has 0 spiro atoms. The van der Waals surface area contributed by atoms with Crippen LogP contribution in [-0.2, 0) is 4.74 Å². The van der Waals surface area contributed by atoms with Gasteiger partial charge in [0.25, 0.3) is 0 Å². The molecule has 1 saturated heterocycles. The van der Waals surface area contributed by atoms with Crippen LogP contribution >= 0.6 is 0 Å². The fourth-order valence-corrected chi connectivity index (χ4v) is 2.54. The van der Waals surface area contributed by atoms with Crippen molar-refractivity contribution in [3.8, 4) is 5.75 Å². The molecule has 1 aromatic heterocycles. The van der Waals surface area contributed by atoms with E-state index < -0.39 is 4.92 Å². The zero-order chi connectivity index (χ0) is 15.5. The molecule has 0 radical (unpaired) electrons. The molecule has 2 heterocycles. The maximum atomic E-state index is 11.0. The number of nitro groups is 1. The van der Waals surface area contributed by atoms with E-state index >= 15 is 0 Å². The Hall–Kier alpha value is -2.54. The fourth-order valence-electron chi connectivity index (χ4n) is 2.54. The molecule has 0 bridgehead atoms. The fraction of sp³-hybridized carbons (Fsp3) is 0.333. The average Bonchev–Trinajstić information content (AvgIpc) is 3.08. The molecular formula is C15H16N2O5. The molecule has 0 N–H and O–H groups in total. The molecule has 116 valence electrons. The molecule has 0 aliphatic carbocycles. The van der Waals surface area contributed by atoms with E-state index in [0.717, 1.165) is 11.4 Å². The number of benzene rings is 1. The van der Waals surface area contributed by atoms with Crippen LogP contribution in [0.25, 0.3) is 0 Å². The van der Waals surface area contributed by atoms with Gasteiger partial charge in [-0.15, -0.1) is 0 Å². The van der Waals surface area contributed by atoms with Crippen molar-refractivity contribution in [2.24, 2.45) is 0 Å². The first kappa shape index (κ1) is 14.4. The molecule has 7 nitrogen and oxygen atoms in total. The van der Waals surface area contributed by atoms with Gasteiger partial charge in [-0.2, -0.15) is 0 Å². The first-order chi connectivity index (χ1) is 10.7. The largest absolute Gasteiger partial charge is 0.490 e. The van der Waals surface area contributed by atoms with Crippen LogP contribution in [0.15, 0.2) is 41.0 Å². The van der Waals surface area contributed by atoms with Gasteiger partial charge in [-0.3, -0.25) is 10.1 Å². The summed E-state index contributed by atoms with van der Waals surface area (Å²) in [6, 6.07) is 8.58. The minimum atomic E-state index is -0.451. The maximum Gasteiger partial charge on any atom is 0.311 e. The highest BCUT2D eigenvalue weighted by atomic mass is 16.6. The van der Waals surface area contributed by atoms with Gasteiger partial charge in [0.2, 0.25) is 0 Å². The van der Waals surface area contributed by atoms with Crippen LogP contribution in [0, 0.1) is 10.1 Å². The van der Waals surface area contributed by atoms with Crippen LogP contribution in [0.5, 0.6) is 5.75 Å². The van der Waals surface area contributed by atoms with Gasteiger partial charge in [0.15, 0.2) is 5.75 Å². The van der Waals surface area contributed by atoms with E-state index in [9.17, 15) is 10.1 Å². The van der Waals surface area contributed by atoms with Crippen LogP contribution in [0.1, 0.15) is 11.9 Å². The Morgan fingerprint density at radius 3 is 2.95 bits per heavy atom. The van der Waals surface area contributed by atoms with Gasteiger partial charge in [0.05, 0.1) is 31.4 Å². The Morgan fingerprint density at radius 1 is 1.41 bits per heavy atom. The number of hydrogen-bond acceptors (Lipinski definition) is 6. The molecule has 1 fully saturated rings. The van der Waals surface area contributed by atoms with Crippen molar-refractivity contribution < 1.29 is 18.8 Å². The topological polar surface area (TPSA) is 78.0 Å². The van der Waals surface area contributed by atoms with Crippen molar-refractivity contribution in [2.75, 3.05) is 31.7 Å². The third kappa shape index (κ3) is 2.75. The monoisotopic (exact) mass is 304 g/mol. The van der Waals surface area contributed by atoms with Gasteiger partial charge in [-0.05, 0) is 18.2 Å². The van der Waals surface area contributed by atoms with E-state index in [1.165, 1.54) is 13.2 Å². The predicted octanol–water partition coefficient (Wildman–Crippen LogP) is 2.77. The highest BCUT2D eigenvalue weighted by Gasteiger charge is 2.25. The first-order valence-electron chi connectivity index (χ1n) is 6.91. The molecule has 0 amide bonds. The lowest BCUT2D eigenvalue weighted by atomic mass is 10.2. The second-order valence-electron chi connectivity index (χ2n) is 4.93. The Morgan fingerprint density at radius 2 is 2.27 bits per heavy atom. The molecular weight excluding hydrogens is 288 g/mol. The zero-order valence-electron chi connectivity index (χ0n) is 12.1. The first-order valence-corrected chi connectivity index (χ1v) is 6.91. The maximum absolute atomic E-state index is 11.0. The SMILES string of the molecule is COc1cc(N2CCOC(c3ccco3)C2)ccc1[N+](=O)[O-]. The number of nitrogens with zero attached hydrogens (tertiary/aromatic N) is 2. The molecule has 1 aromatic carbocycles. The van der Waals surface area contributed by atoms with Crippen molar-refractivity contribution in [2.45, 2.75) is 6.10 Å². The van der Waals surface area contributed by atoms with Gasteiger partial charge in [-0.25, -0.2) is 0 Å². The van der Waals surface area contributed by atoms with Crippen LogP contribution in [0.4, 0.5) is 11.4 Å². The summed E-state index contributed by atoms with van der Waals surface area (Å²) in [6.07, 6.45) is 1.47. The molecule has 1 aliphatic heterocycles. The minimum Gasteiger partial charge on any atom is -0.490 e. The van der Waals surface area contributed by atoms with Gasteiger partial charge < -0.3 is 18.8 Å². The predicted molar refractivity (Wildman–Crippen MR) is 79.3 cm³/mol. The number of anilines is 1. The van der Waals surface area contributed by atoms with Gasteiger partial charge in [0.1, 0.15) is 11.9 Å². The van der Waals surface area contributed by atoms with Crippen LogP contribution in [0.3, 0.4) is 0 Å². The Labute approximate surface area is 127 Å². The normalized spacial score (nSPS) is 18.2. The van der Waals surface area contributed by atoms with Crippen molar-refractivity contribution in [3.05, 3.63) is 52.5 Å². The van der Waals surface area contributed by atoms with Crippen molar-refractivity contribution in [3.63, 3.8) is 0 Å². The Bertz CT molecular complexity index is 656. The van der Waals surface area contributed by atoms with Crippen molar-refractivity contribution in [1.82, 2.24) is 0 Å². The third-order valence-corrected chi connectivity index (χ3v) is 3.65. The number of rotatable bonds is 4. The van der Waals surface area contributed by atoms with E-state index in [2.05, 4.69) is 4.90 Å². The lowest BCUT2D eigenvalue weighted by molar-refractivity contribution is -0.385. The molecule has 3 rings (SSSR count). The van der Waals surface area contributed by atoms with Crippen molar-refractivity contribution >= 4 is 11.4 Å². The second kappa shape index (κ2) is 6.07. The number of furan rings is 1. The number of methoxy groups -OCH3 is 1. The number of nitro benzene ring substituents is 1. The van der Waals surface area contributed by atoms with Crippen molar-refractivity contribution in [1.29, 1.82) is 0 Å². The summed E-state index contributed by atoms with van der Waals surface area (Å²) in [7, 11) is 1.43. The number of ether oxygens (including phenoxy) is 2. The molecule has 1 aliphatic rings. The zero-order valence-corrected chi connectivity index (χ0v) is 12.1. The highest BCUT2D eigenvalue weighted by molar-refractivity contribution is 5.59. The summed E-state index contributed by atoms with van der Waals surface area (Å²) in [5, 5.41) is 11.0. The van der Waals surface area contributed by atoms with Crippen LogP contribution in [-0.4, -0.2) is 31.7 Å². The van der Waals surface area contributed by atoms with Crippen LogP contribution < -0.4 is 9.64 Å². The third-order valence-electron chi connectivity index (χ3n) is 3.65. The quantitative estimate of drug-likeness (QED) is 0.638. The summed E-state index contributed by atoms with van der Waals surface area (Å²) >= 11 is 0. The molecule has 1 atom stereocenters.